The Hall–Kier alpha value is -4.43. The Bertz CT molecular complexity index is 1770. The highest BCUT2D eigenvalue weighted by molar-refractivity contribution is 7.39. The zero-order valence-electron chi connectivity index (χ0n) is 26.4. The molecule has 11 nitrogen and oxygen atoms in total. The lowest BCUT2D eigenvalue weighted by atomic mass is 9.80. The number of nitrogens with zero attached hydrogens (tertiary/aromatic N) is 2. The summed E-state index contributed by atoms with van der Waals surface area (Å²) < 4.78 is 44.8. The van der Waals surface area contributed by atoms with Crippen molar-refractivity contribution < 1.29 is 28.0 Å². The summed E-state index contributed by atoms with van der Waals surface area (Å²) in [4.78, 5) is 27.5. The topological polar surface area (TPSA) is 142 Å². The lowest BCUT2D eigenvalue weighted by Crippen LogP contribution is -2.39. The largest absolute Gasteiger partial charge is 0.508 e. The third-order valence-corrected chi connectivity index (χ3v) is 9.51. The van der Waals surface area contributed by atoms with Gasteiger partial charge < -0.3 is 18.9 Å². The first-order chi connectivity index (χ1) is 22.8. The van der Waals surface area contributed by atoms with Crippen LogP contribution in [0.15, 0.2) is 101 Å². The summed E-state index contributed by atoms with van der Waals surface area (Å²) in [6.07, 6.45) is -0.908. The van der Waals surface area contributed by atoms with Crippen molar-refractivity contribution in [3.63, 3.8) is 0 Å². The molecule has 5 rings (SSSR count). The van der Waals surface area contributed by atoms with Crippen LogP contribution in [0.1, 0.15) is 34.9 Å². The van der Waals surface area contributed by atoms with E-state index in [1.54, 1.807) is 14.0 Å². The van der Waals surface area contributed by atoms with Crippen LogP contribution in [-0.4, -0.2) is 55.4 Å². The fourth-order valence-electron chi connectivity index (χ4n) is 6.00. The molecule has 4 aromatic rings. The maximum Gasteiger partial charge on any atom is 0.508 e. The first-order valence-electron chi connectivity index (χ1n) is 15.2. The van der Waals surface area contributed by atoms with E-state index < -0.39 is 49.2 Å². The van der Waals surface area contributed by atoms with Gasteiger partial charge in [0.25, 0.3) is 5.56 Å². The number of aromatic amines is 1. The molecular weight excluding hydrogens is 621 g/mol. The first-order valence-corrected chi connectivity index (χ1v) is 16.5. The lowest BCUT2D eigenvalue weighted by molar-refractivity contribution is -0.0926. The van der Waals surface area contributed by atoms with Gasteiger partial charge in [0, 0.05) is 18.9 Å². The molecule has 1 fully saturated rings. The van der Waals surface area contributed by atoms with Crippen molar-refractivity contribution in [2.75, 3.05) is 33.6 Å². The van der Waals surface area contributed by atoms with Crippen LogP contribution in [0.3, 0.4) is 0 Å². The van der Waals surface area contributed by atoms with Gasteiger partial charge in [0.15, 0.2) is 12.4 Å². The molecule has 1 aliphatic heterocycles. The molecule has 3 aromatic carbocycles. The zero-order chi connectivity index (χ0) is 33.4. The number of hydrogen-bond acceptors (Lipinski definition) is 9. The minimum atomic E-state index is -2.22. The summed E-state index contributed by atoms with van der Waals surface area (Å²) in [7, 11) is 0.874. The van der Waals surface area contributed by atoms with Crippen molar-refractivity contribution in [3.8, 4) is 11.8 Å². The molecule has 5 atom stereocenters. The molecule has 1 N–H and O–H groups in total. The summed E-state index contributed by atoms with van der Waals surface area (Å²) in [6, 6.07) is 29.3. The van der Waals surface area contributed by atoms with Crippen LogP contribution in [0.5, 0.6) is 5.75 Å². The second kappa shape index (κ2) is 15.4. The highest BCUT2D eigenvalue weighted by Crippen LogP contribution is 2.45. The maximum absolute atomic E-state index is 13.2. The Balaban J connectivity index is 1.58. The van der Waals surface area contributed by atoms with Crippen LogP contribution in [0.25, 0.3) is 0 Å². The van der Waals surface area contributed by atoms with Crippen LogP contribution in [0, 0.1) is 24.2 Å². The van der Waals surface area contributed by atoms with Gasteiger partial charge in [-0.3, -0.25) is 14.3 Å². The fraction of sp³-hybridized carbons (Fsp3) is 0.343. The molecule has 1 aromatic heterocycles. The Morgan fingerprint density at radius 3 is 2.15 bits per heavy atom. The molecule has 0 radical (unpaired) electrons. The van der Waals surface area contributed by atoms with E-state index in [9.17, 15) is 14.2 Å². The lowest BCUT2D eigenvalue weighted by Gasteiger charge is -2.37. The Morgan fingerprint density at radius 1 is 0.957 bits per heavy atom. The van der Waals surface area contributed by atoms with Gasteiger partial charge in [-0.1, -0.05) is 72.8 Å². The number of benzene rings is 3. The number of nitrogens with one attached hydrogen (secondary N) is 1. The van der Waals surface area contributed by atoms with Gasteiger partial charge in [-0.25, -0.2) is 4.79 Å². The molecule has 0 aliphatic carbocycles. The Labute approximate surface area is 273 Å². The molecule has 12 heteroatoms. The standard InChI is InChI=1S/C35H36N3O8P/c1-24-21-38(34(40)37-32(24)39)33-31(43-3)29(23-47(41)45-20-10-19-36)30(46-33)22-44-35(25-11-6-4-7-12-25,26-13-8-5-9-14-26)27-15-17-28(42-2)18-16-27/h4-9,11-18,21,29-31,33H,10,20,22-23H2,1-3H3/p+1/t29-,30-,31-,33-/m1/s1. The zero-order valence-corrected chi connectivity index (χ0v) is 27.3. The Morgan fingerprint density at radius 2 is 1.57 bits per heavy atom. The van der Waals surface area contributed by atoms with E-state index >= 15 is 0 Å². The van der Waals surface area contributed by atoms with E-state index in [2.05, 4.69) is 4.98 Å². The summed E-state index contributed by atoms with van der Waals surface area (Å²) in [5.74, 6) is 0.130. The average Bonchev–Trinajstić information content (AvgIpc) is 3.44. The molecule has 47 heavy (non-hydrogen) atoms. The SMILES string of the molecule is COc1ccc(C(OC[C@H]2O[C@@H](n3cc(C)c(=O)[nH]c3=O)[C@H](OC)[C@@H]2C[P+](=O)OCCC#N)(c2ccccc2)c2ccccc2)cc1. The average molecular weight is 659 g/mol. The minimum absolute atomic E-state index is 0.00466. The third-order valence-electron chi connectivity index (χ3n) is 8.32. The molecular formula is C35H37N3O8P+. The van der Waals surface area contributed by atoms with Gasteiger partial charge >= 0.3 is 13.7 Å². The predicted octanol–water partition coefficient (Wildman–Crippen LogP) is 5.06. The fourth-order valence-corrected chi connectivity index (χ4v) is 7.19. The second-order valence-corrected chi connectivity index (χ2v) is 12.4. The van der Waals surface area contributed by atoms with Crippen molar-refractivity contribution in [1.29, 1.82) is 5.26 Å². The van der Waals surface area contributed by atoms with Crippen LogP contribution in [-0.2, 0) is 28.9 Å². The van der Waals surface area contributed by atoms with Crippen molar-refractivity contribution in [1.82, 2.24) is 9.55 Å². The van der Waals surface area contributed by atoms with Crippen molar-refractivity contribution >= 4 is 8.03 Å². The number of hydrogen-bond donors (Lipinski definition) is 1. The summed E-state index contributed by atoms with van der Waals surface area (Å²) in [6.45, 7) is 1.60. The number of H-pyrrole nitrogens is 1. The van der Waals surface area contributed by atoms with E-state index in [1.165, 1.54) is 17.9 Å². The van der Waals surface area contributed by atoms with E-state index in [0.29, 0.717) is 11.3 Å². The molecule has 1 saturated heterocycles. The van der Waals surface area contributed by atoms with Crippen molar-refractivity contribution in [2.45, 2.75) is 37.4 Å². The summed E-state index contributed by atoms with van der Waals surface area (Å²) >= 11 is 0. The van der Waals surface area contributed by atoms with E-state index in [-0.39, 0.29) is 25.8 Å². The Kier molecular flexibility index (Phi) is 11.1. The first kappa shape index (κ1) is 33.9. The molecule has 244 valence electrons. The van der Waals surface area contributed by atoms with Gasteiger partial charge in [0.2, 0.25) is 0 Å². The van der Waals surface area contributed by atoms with Crippen LogP contribution >= 0.6 is 8.03 Å². The van der Waals surface area contributed by atoms with Gasteiger partial charge in [-0.15, -0.1) is 4.52 Å². The van der Waals surface area contributed by atoms with E-state index in [0.717, 1.165) is 16.7 Å². The molecule has 1 aliphatic rings. The summed E-state index contributed by atoms with van der Waals surface area (Å²) in [5, 5.41) is 8.93. The smallest absolute Gasteiger partial charge is 0.497 e. The summed E-state index contributed by atoms with van der Waals surface area (Å²) in [5.41, 5.74) is 0.608. The molecule has 2 heterocycles. The van der Waals surface area contributed by atoms with Crippen molar-refractivity contribution in [3.05, 3.63) is 134 Å². The van der Waals surface area contributed by atoms with Gasteiger partial charge in [0.1, 0.15) is 24.1 Å². The van der Waals surface area contributed by atoms with Crippen LogP contribution < -0.4 is 16.0 Å². The van der Waals surface area contributed by atoms with E-state index in [1.807, 2.05) is 91.0 Å². The monoisotopic (exact) mass is 658 g/mol. The predicted molar refractivity (Wildman–Crippen MR) is 175 cm³/mol. The second-order valence-electron chi connectivity index (χ2n) is 11.1. The normalized spacial score (nSPS) is 19.7. The van der Waals surface area contributed by atoms with Gasteiger partial charge in [0.05, 0.1) is 38.2 Å². The number of nitriles is 1. The molecule has 0 saturated carbocycles. The van der Waals surface area contributed by atoms with Gasteiger partial charge in [-0.2, -0.15) is 5.26 Å². The maximum atomic E-state index is 13.2. The van der Waals surface area contributed by atoms with Gasteiger partial charge in [-0.05, 0) is 40.3 Å². The number of aromatic nitrogens is 2. The molecule has 0 spiro atoms. The molecule has 1 unspecified atom stereocenters. The van der Waals surface area contributed by atoms with E-state index in [4.69, 9.17) is 28.7 Å². The molecule has 0 amide bonds. The quantitative estimate of drug-likeness (QED) is 0.112. The van der Waals surface area contributed by atoms with Crippen LogP contribution in [0.2, 0.25) is 0 Å². The highest BCUT2D eigenvalue weighted by atomic mass is 31.1. The third kappa shape index (κ3) is 7.28. The number of rotatable bonds is 14. The van der Waals surface area contributed by atoms with Crippen LogP contribution in [0.4, 0.5) is 0 Å². The number of ether oxygens (including phenoxy) is 4. The molecule has 0 bridgehead atoms. The highest BCUT2D eigenvalue weighted by Gasteiger charge is 2.51. The van der Waals surface area contributed by atoms with Crippen molar-refractivity contribution in [2.24, 2.45) is 5.92 Å². The number of methoxy groups -OCH3 is 2. The minimum Gasteiger partial charge on any atom is -0.497 e. The number of aryl methyl sites for hydroxylation is 1.